The number of rotatable bonds is 2. The molecule has 3 nitrogen and oxygen atoms in total. The normalized spacial score (nSPS) is 21.9. The molecule has 0 aromatic carbocycles. The molecule has 1 aliphatic rings. The molecule has 0 aliphatic carbocycles. The summed E-state index contributed by atoms with van der Waals surface area (Å²) in [6.07, 6.45) is 1.20. The van der Waals surface area contributed by atoms with Gasteiger partial charge in [-0.1, -0.05) is 0 Å². The summed E-state index contributed by atoms with van der Waals surface area (Å²) in [4.78, 5) is 11.6. The van der Waals surface area contributed by atoms with Crippen LogP contribution in [0.15, 0.2) is 6.07 Å². The van der Waals surface area contributed by atoms with E-state index in [1.54, 1.807) is 0 Å². The Bertz CT molecular complexity index is 353. The molecule has 2 rings (SSSR count). The van der Waals surface area contributed by atoms with E-state index in [4.69, 9.17) is 0 Å². The predicted octanol–water partition coefficient (Wildman–Crippen LogP) is 2.29. The van der Waals surface area contributed by atoms with Crippen molar-refractivity contribution >= 4 is 0 Å². The van der Waals surface area contributed by atoms with Crippen molar-refractivity contribution in [1.29, 1.82) is 0 Å². The monoisotopic (exact) mass is 219 g/mol. The van der Waals surface area contributed by atoms with Gasteiger partial charge in [-0.15, -0.1) is 0 Å². The van der Waals surface area contributed by atoms with E-state index in [9.17, 15) is 0 Å². The average molecular weight is 219 g/mol. The Kier molecular flexibility index (Phi) is 3.24. The summed E-state index contributed by atoms with van der Waals surface area (Å²) in [6, 6.07) is 2.68. The first-order chi connectivity index (χ1) is 7.56. The van der Waals surface area contributed by atoms with Crippen LogP contribution in [0.1, 0.15) is 43.4 Å². The molecule has 0 radical (unpaired) electrons. The first-order valence-electron chi connectivity index (χ1n) is 6.12. The largest absolute Gasteiger partial charge is 0.300 e. The van der Waals surface area contributed by atoms with E-state index in [1.807, 2.05) is 19.9 Å². The van der Waals surface area contributed by atoms with Gasteiger partial charge in [0.15, 0.2) is 0 Å². The predicted molar refractivity (Wildman–Crippen MR) is 65.6 cm³/mol. The Hall–Kier alpha value is -0.960. The van der Waals surface area contributed by atoms with Crippen LogP contribution in [-0.4, -0.2) is 34.0 Å². The third kappa shape index (κ3) is 2.40. The SMILES string of the molecule is Cc1cc(C)nc(C2CCN(C(C)C)C2)n1. The number of likely N-dealkylation sites (tertiary alicyclic amines) is 1. The van der Waals surface area contributed by atoms with Crippen LogP contribution in [0.2, 0.25) is 0 Å². The van der Waals surface area contributed by atoms with E-state index in [0.717, 1.165) is 23.8 Å². The summed E-state index contributed by atoms with van der Waals surface area (Å²) in [5, 5.41) is 0. The summed E-state index contributed by atoms with van der Waals surface area (Å²) in [7, 11) is 0. The average Bonchev–Trinajstić information content (AvgIpc) is 2.64. The Morgan fingerprint density at radius 1 is 1.25 bits per heavy atom. The van der Waals surface area contributed by atoms with Gasteiger partial charge in [0.1, 0.15) is 5.82 Å². The van der Waals surface area contributed by atoms with Crippen LogP contribution in [0.3, 0.4) is 0 Å². The molecule has 0 amide bonds. The van der Waals surface area contributed by atoms with Gasteiger partial charge in [-0.25, -0.2) is 9.97 Å². The molecule has 88 valence electrons. The summed E-state index contributed by atoms with van der Waals surface area (Å²) in [6.45, 7) is 10.9. The minimum Gasteiger partial charge on any atom is -0.300 e. The lowest BCUT2D eigenvalue weighted by molar-refractivity contribution is 0.272. The second kappa shape index (κ2) is 4.50. The zero-order chi connectivity index (χ0) is 11.7. The highest BCUT2D eigenvalue weighted by molar-refractivity contribution is 5.12. The molecule has 1 aromatic rings. The van der Waals surface area contributed by atoms with Gasteiger partial charge < -0.3 is 4.90 Å². The molecular formula is C13H21N3. The van der Waals surface area contributed by atoms with Gasteiger partial charge in [-0.3, -0.25) is 0 Å². The highest BCUT2D eigenvalue weighted by Crippen LogP contribution is 2.26. The molecule has 16 heavy (non-hydrogen) atoms. The maximum atomic E-state index is 4.57. The summed E-state index contributed by atoms with van der Waals surface area (Å²) in [5.74, 6) is 1.57. The zero-order valence-electron chi connectivity index (χ0n) is 10.7. The number of hydrogen-bond donors (Lipinski definition) is 0. The van der Waals surface area contributed by atoms with Gasteiger partial charge in [0.05, 0.1) is 0 Å². The smallest absolute Gasteiger partial charge is 0.133 e. The van der Waals surface area contributed by atoms with Crippen LogP contribution >= 0.6 is 0 Å². The van der Waals surface area contributed by atoms with Crippen LogP contribution in [0.5, 0.6) is 0 Å². The first kappa shape index (κ1) is 11.5. The van der Waals surface area contributed by atoms with E-state index in [1.165, 1.54) is 13.0 Å². The second-order valence-corrected chi connectivity index (χ2v) is 5.08. The van der Waals surface area contributed by atoms with Gasteiger partial charge in [-0.05, 0) is 46.7 Å². The quantitative estimate of drug-likeness (QED) is 0.764. The highest BCUT2D eigenvalue weighted by atomic mass is 15.2. The molecule has 1 aliphatic heterocycles. The maximum Gasteiger partial charge on any atom is 0.133 e. The lowest BCUT2D eigenvalue weighted by atomic mass is 10.1. The summed E-state index contributed by atoms with van der Waals surface area (Å²) >= 11 is 0. The van der Waals surface area contributed by atoms with Crippen molar-refractivity contribution in [2.75, 3.05) is 13.1 Å². The third-order valence-electron chi connectivity index (χ3n) is 3.31. The standard InChI is InChI=1S/C13H21N3/c1-9(2)16-6-5-12(8-16)13-14-10(3)7-11(4)15-13/h7,9,12H,5-6,8H2,1-4H3. The van der Waals surface area contributed by atoms with Crippen LogP contribution in [0.25, 0.3) is 0 Å². The Morgan fingerprint density at radius 3 is 2.38 bits per heavy atom. The molecule has 3 heteroatoms. The minimum atomic E-state index is 0.529. The van der Waals surface area contributed by atoms with Crippen molar-refractivity contribution < 1.29 is 0 Å². The Morgan fingerprint density at radius 2 is 1.88 bits per heavy atom. The lowest BCUT2D eigenvalue weighted by Crippen LogP contribution is -2.28. The minimum absolute atomic E-state index is 0.529. The van der Waals surface area contributed by atoms with Crippen molar-refractivity contribution in [3.05, 3.63) is 23.3 Å². The number of aromatic nitrogens is 2. The van der Waals surface area contributed by atoms with Gasteiger partial charge in [0, 0.05) is 29.9 Å². The second-order valence-electron chi connectivity index (χ2n) is 5.08. The molecule has 1 saturated heterocycles. The maximum absolute atomic E-state index is 4.57. The molecule has 1 atom stereocenters. The Balaban J connectivity index is 2.14. The molecule has 0 saturated carbocycles. The molecule has 1 unspecified atom stereocenters. The van der Waals surface area contributed by atoms with E-state index < -0.39 is 0 Å². The fraction of sp³-hybridized carbons (Fsp3) is 0.692. The summed E-state index contributed by atoms with van der Waals surface area (Å²) in [5.41, 5.74) is 2.18. The van der Waals surface area contributed by atoms with Crippen molar-refractivity contribution in [1.82, 2.24) is 14.9 Å². The molecule has 1 aromatic heterocycles. The highest BCUT2D eigenvalue weighted by Gasteiger charge is 2.27. The van der Waals surface area contributed by atoms with Crippen LogP contribution in [0, 0.1) is 13.8 Å². The topological polar surface area (TPSA) is 29.0 Å². The van der Waals surface area contributed by atoms with E-state index in [2.05, 4.69) is 28.7 Å². The van der Waals surface area contributed by atoms with Gasteiger partial charge >= 0.3 is 0 Å². The van der Waals surface area contributed by atoms with Crippen LogP contribution in [0.4, 0.5) is 0 Å². The Labute approximate surface area is 97.9 Å². The first-order valence-corrected chi connectivity index (χ1v) is 6.12. The molecule has 0 spiro atoms. The summed E-state index contributed by atoms with van der Waals surface area (Å²) < 4.78 is 0. The van der Waals surface area contributed by atoms with Crippen molar-refractivity contribution in [3.63, 3.8) is 0 Å². The molecular weight excluding hydrogens is 198 g/mol. The van der Waals surface area contributed by atoms with Gasteiger partial charge in [-0.2, -0.15) is 0 Å². The molecule has 0 N–H and O–H groups in total. The van der Waals surface area contributed by atoms with Crippen LogP contribution in [-0.2, 0) is 0 Å². The number of aryl methyl sites for hydroxylation is 2. The zero-order valence-corrected chi connectivity index (χ0v) is 10.7. The van der Waals surface area contributed by atoms with E-state index >= 15 is 0 Å². The van der Waals surface area contributed by atoms with Crippen molar-refractivity contribution in [3.8, 4) is 0 Å². The fourth-order valence-corrected chi connectivity index (χ4v) is 2.40. The van der Waals surface area contributed by atoms with E-state index in [0.29, 0.717) is 12.0 Å². The molecule has 0 bridgehead atoms. The van der Waals surface area contributed by atoms with Gasteiger partial charge in [0.25, 0.3) is 0 Å². The van der Waals surface area contributed by atoms with Crippen molar-refractivity contribution in [2.24, 2.45) is 0 Å². The lowest BCUT2D eigenvalue weighted by Gasteiger charge is -2.19. The molecule has 1 fully saturated rings. The third-order valence-corrected chi connectivity index (χ3v) is 3.31. The van der Waals surface area contributed by atoms with E-state index in [-0.39, 0.29) is 0 Å². The number of nitrogens with zero attached hydrogens (tertiary/aromatic N) is 3. The fourth-order valence-electron chi connectivity index (χ4n) is 2.40. The number of hydrogen-bond acceptors (Lipinski definition) is 3. The molecule has 2 heterocycles. The van der Waals surface area contributed by atoms with Crippen LogP contribution < -0.4 is 0 Å². The van der Waals surface area contributed by atoms with Crippen molar-refractivity contribution in [2.45, 2.75) is 46.1 Å². The van der Waals surface area contributed by atoms with Gasteiger partial charge in [0.2, 0.25) is 0 Å².